The highest BCUT2D eigenvalue weighted by Gasteiger charge is 2.33. The van der Waals surface area contributed by atoms with Crippen molar-refractivity contribution in [3.8, 4) is 11.4 Å². The molecule has 1 aliphatic rings. The van der Waals surface area contributed by atoms with E-state index in [0.717, 1.165) is 28.2 Å². The molecule has 0 amide bonds. The number of aromatic nitrogens is 2. The molecule has 0 saturated heterocycles. The van der Waals surface area contributed by atoms with Crippen LogP contribution in [0.2, 0.25) is 10.0 Å². The van der Waals surface area contributed by atoms with Crippen molar-refractivity contribution in [2.75, 3.05) is 13.7 Å². The molecule has 3 heterocycles. The van der Waals surface area contributed by atoms with Crippen molar-refractivity contribution in [3.63, 3.8) is 0 Å². The van der Waals surface area contributed by atoms with Gasteiger partial charge in [-0.15, -0.1) is 0 Å². The molecule has 0 N–H and O–H groups in total. The van der Waals surface area contributed by atoms with Gasteiger partial charge in [-0.25, -0.2) is 9.79 Å². The fourth-order valence-electron chi connectivity index (χ4n) is 4.99. The van der Waals surface area contributed by atoms with E-state index in [4.69, 9.17) is 32.7 Å². The number of rotatable bonds is 6. The Bertz CT molecular complexity index is 1850. The van der Waals surface area contributed by atoms with Crippen molar-refractivity contribution in [1.29, 1.82) is 0 Å². The van der Waals surface area contributed by atoms with Crippen LogP contribution in [0.5, 0.6) is 5.75 Å². The van der Waals surface area contributed by atoms with E-state index in [-0.39, 0.29) is 12.2 Å². The summed E-state index contributed by atoms with van der Waals surface area (Å²) in [7, 11) is 1.59. The number of esters is 1. The zero-order valence-corrected chi connectivity index (χ0v) is 24.9. The van der Waals surface area contributed by atoms with Crippen molar-refractivity contribution >= 4 is 46.6 Å². The Labute approximate surface area is 245 Å². The van der Waals surface area contributed by atoms with Gasteiger partial charge in [0.2, 0.25) is 0 Å². The molecule has 7 nitrogen and oxygen atoms in total. The molecule has 0 aliphatic carbocycles. The number of thiazole rings is 1. The maximum atomic E-state index is 14.0. The van der Waals surface area contributed by atoms with Crippen molar-refractivity contribution < 1.29 is 14.3 Å². The van der Waals surface area contributed by atoms with Crippen LogP contribution in [0.3, 0.4) is 0 Å². The molecule has 0 fully saturated rings. The van der Waals surface area contributed by atoms with Crippen molar-refractivity contribution in [3.05, 3.63) is 112 Å². The first-order chi connectivity index (χ1) is 19.1. The number of nitrogens with zero attached hydrogens (tertiary/aromatic N) is 3. The molecule has 0 radical (unpaired) electrons. The number of carbonyl (C=O) groups is 1. The first-order valence-electron chi connectivity index (χ1n) is 12.6. The predicted molar refractivity (Wildman–Crippen MR) is 159 cm³/mol. The Balaban J connectivity index is 1.68. The van der Waals surface area contributed by atoms with Gasteiger partial charge in [0.15, 0.2) is 4.80 Å². The van der Waals surface area contributed by atoms with E-state index in [1.807, 2.05) is 50.3 Å². The maximum absolute atomic E-state index is 14.0. The fourth-order valence-corrected chi connectivity index (χ4v) is 6.32. The van der Waals surface area contributed by atoms with Crippen LogP contribution < -0.4 is 19.6 Å². The van der Waals surface area contributed by atoms with Crippen LogP contribution in [-0.4, -0.2) is 28.8 Å². The molecule has 4 aromatic rings. The molecule has 206 valence electrons. The third kappa shape index (κ3) is 4.91. The molecule has 0 bridgehead atoms. The topological polar surface area (TPSA) is 74.8 Å². The number of benzene rings is 2. The lowest BCUT2D eigenvalue weighted by Gasteiger charge is -2.24. The SMILES string of the molecule is CCOC(=O)C1=C(C)N=c2sc(=Cc3cc(C)n(-c4ccc(Cl)c(Cl)c4)c3C)c(=O)n2C1c1ccc(OC)cc1. The predicted octanol–water partition coefficient (Wildman–Crippen LogP) is 5.52. The summed E-state index contributed by atoms with van der Waals surface area (Å²) in [5, 5.41) is 0.950. The van der Waals surface area contributed by atoms with E-state index in [0.29, 0.717) is 36.4 Å². The average molecular weight is 597 g/mol. The van der Waals surface area contributed by atoms with Crippen LogP contribution in [-0.2, 0) is 9.53 Å². The summed E-state index contributed by atoms with van der Waals surface area (Å²) in [6.45, 7) is 7.71. The quantitative estimate of drug-likeness (QED) is 0.275. The number of hydrogen-bond donors (Lipinski definition) is 0. The highest BCUT2D eigenvalue weighted by molar-refractivity contribution is 7.07. The lowest BCUT2D eigenvalue weighted by molar-refractivity contribution is -0.139. The zero-order chi connectivity index (χ0) is 28.7. The van der Waals surface area contributed by atoms with Gasteiger partial charge in [-0.05, 0) is 81.3 Å². The monoisotopic (exact) mass is 595 g/mol. The molecular weight excluding hydrogens is 569 g/mol. The minimum atomic E-state index is -0.688. The molecule has 40 heavy (non-hydrogen) atoms. The minimum Gasteiger partial charge on any atom is -0.497 e. The summed E-state index contributed by atoms with van der Waals surface area (Å²) in [5.74, 6) is 0.177. The molecule has 10 heteroatoms. The second kappa shape index (κ2) is 11.1. The third-order valence-corrected chi connectivity index (χ3v) is 8.59. The zero-order valence-electron chi connectivity index (χ0n) is 22.6. The van der Waals surface area contributed by atoms with E-state index >= 15 is 0 Å². The molecule has 1 aliphatic heterocycles. The highest BCUT2D eigenvalue weighted by atomic mass is 35.5. The summed E-state index contributed by atoms with van der Waals surface area (Å²) >= 11 is 13.7. The molecular formula is C30H27Cl2N3O4S. The molecule has 2 aromatic heterocycles. The number of methoxy groups -OCH3 is 1. The Kier molecular flexibility index (Phi) is 7.77. The standard InChI is InChI=1S/C30H27Cl2N3O4S/c1-6-39-29(37)26-17(3)33-30-35(27(26)19-7-10-22(38-5)11-8-19)28(36)25(40-30)14-20-13-16(2)34(18(20)4)21-9-12-23(31)24(32)15-21/h7-15,27H,6H2,1-5H3. The number of carbonyl (C=O) groups excluding carboxylic acids is 1. The fraction of sp³-hybridized carbons (Fsp3) is 0.233. The van der Waals surface area contributed by atoms with Gasteiger partial charge in [0, 0.05) is 17.1 Å². The van der Waals surface area contributed by atoms with E-state index in [9.17, 15) is 9.59 Å². The van der Waals surface area contributed by atoms with E-state index in [1.54, 1.807) is 43.7 Å². The Morgan fingerprint density at radius 3 is 2.45 bits per heavy atom. The van der Waals surface area contributed by atoms with Crippen molar-refractivity contribution in [2.24, 2.45) is 4.99 Å². The van der Waals surface area contributed by atoms with E-state index < -0.39 is 12.0 Å². The summed E-state index contributed by atoms with van der Waals surface area (Å²) < 4.78 is 14.8. The van der Waals surface area contributed by atoms with Crippen LogP contribution in [0.1, 0.15) is 42.4 Å². The Hall–Kier alpha value is -3.59. The highest BCUT2D eigenvalue weighted by Crippen LogP contribution is 2.32. The Morgan fingerprint density at radius 1 is 1.07 bits per heavy atom. The van der Waals surface area contributed by atoms with Crippen LogP contribution in [0, 0.1) is 13.8 Å². The van der Waals surface area contributed by atoms with Crippen molar-refractivity contribution in [1.82, 2.24) is 9.13 Å². The maximum Gasteiger partial charge on any atom is 0.338 e. The van der Waals surface area contributed by atoms with E-state index in [2.05, 4.69) is 9.56 Å². The van der Waals surface area contributed by atoms with Gasteiger partial charge in [-0.1, -0.05) is 46.7 Å². The Morgan fingerprint density at radius 2 is 1.80 bits per heavy atom. The number of fused-ring (bicyclic) bond motifs is 1. The van der Waals surface area contributed by atoms with Gasteiger partial charge in [-0.2, -0.15) is 0 Å². The van der Waals surface area contributed by atoms with Gasteiger partial charge < -0.3 is 14.0 Å². The van der Waals surface area contributed by atoms with Gasteiger partial charge in [0.1, 0.15) is 5.75 Å². The minimum absolute atomic E-state index is 0.212. The molecule has 1 unspecified atom stereocenters. The number of allylic oxidation sites excluding steroid dienone is 1. The molecule has 0 saturated carbocycles. The van der Waals surface area contributed by atoms with Gasteiger partial charge in [0.05, 0.1) is 45.6 Å². The van der Waals surface area contributed by atoms with Gasteiger partial charge in [-0.3, -0.25) is 9.36 Å². The van der Waals surface area contributed by atoms with Crippen LogP contribution in [0.4, 0.5) is 0 Å². The van der Waals surface area contributed by atoms with Crippen LogP contribution in [0.25, 0.3) is 11.8 Å². The molecule has 1 atom stereocenters. The summed E-state index contributed by atoms with van der Waals surface area (Å²) in [5.41, 5.74) is 5.05. The third-order valence-electron chi connectivity index (χ3n) is 6.87. The molecule has 0 spiro atoms. The lowest BCUT2D eigenvalue weighted by atomic mass is 9.96. The largest absolute Gasteiger partial charge is 0.497 e. The second-order valence-corrected chi connectivity index (χ2v) is 11.2. The van der Waals surface area contributed by atoms with Gasteiger partial charge in [0.25, 0.3) is 5.56 Å². The summed E-state index contributed by atoms with van der Waals surface area (Å²) in [6.07, 6.45) is 1.87. The van der Waals surface area contributed by atoms with Crippen molar-refractivity contribution in [2.45, 2.75) is 33.7 Å². The second-order valence-electron chi connectivity index (χ2n) is 9.34. The first-order valence-corrected chi connectivity index (χ1v) is 14.2. The smallest absolute Gasteiger partial charge is 0.338 e. The first kappa shape index (κ1) is 28.0. The number of halogens is 2. The van der Waals surface area contributed by atoms with Crippen LogP contribution in [0.15, 0.2) is 69.6 Å². The normalized spacial score (nSPS) is 15.2. The number of aryl methyl sites for hydroxylation is 1. The van der Waals surface area contributed by atoms with E-state index in [1.165, 1.54) is 11.3 Å². The average Bonchev–Trinajstić information content (AvgIpc) is 3.38. The summed E-state index contributed by atoms with van der Waals surface area (Å²) in [4.78, 5) is 32.2. The molecule has 2 aromatic carbocycles. The lowest BCUT2D eigenvalue weighted by Crippen LogP contribution is -2.39. The molecule has 5 rings (SSSR count). The van der Waals surface area contributed by atoms with Crippen LogP contribution >= 0.6 is 34.5 Å². The number of hydrogen-bond acceptors (Lipinski definition) is 6. The summed E-state index contributed by atoms with van der Waals surface area (Å²) in [6, 6.07) is 14.1. The number of ether oxygens (including phenoxy) is 2. The van der Waals surface area contributed by atoms with Gasteiger partial charge >= 0.3 is 5.97 Å².